The van der Waals surface area contributed by atoms with Crippen molar-refractivity contribution in [2.45, 2.75) is 19.3 Å². The second kappa shape index (κ2) is 5.92. The van der Waals surface area contributed by atoms with E-state index in [9.17, 15) is 4.79 Å². The fourth-order valence-electron chi connectivity index (χ4n) is 2.95. The summed E-state index contributed by atoms with van der Waals surface area (Å²) in [6.45, 7) is 0. The lowest BCUT2D eigenvalue weighted by Gasteiger charge is -2.24. The first-order chi connectivity index (χ1) is 11.7. The van der Waals surface area contributed by atoms with E-state index in [0.717, 1.165) is 47.0 Å². The molecule has 5 nitrogen and oxygen atoms in total. The molecule has 5 heteroatoms. The zero-order valence-electron chi connectivity index (χ0n) is 13.2. The summed E-state index contributed by atoms with van der Waals surface area (Å²) in [5.74, 6) is 0.761. The Labute approximate surface area is 139 Å². The molecule has 0 bridgehead atoms. The van der Waals surface area contributed by atoms with Gasteiger partial charge in [0, 0.05) is 17.0 Å². The van der Waals surface area contributed by atoms with Crippen molar-refractivity contribution in [2.24, 2.45) is 5.92 Å². The normalized spacial score (nSPS) is 14.3. The van der Waals surface area contributed by atoms with E-state index in [1.54, 1.807) is 0 Å². The molecule has 1 heterocycles. The largest absolute Gasteiger partial charge is 0.383 e. The van der Waals surface area contributed by atoms with Crippen molar-refractivity contribution >= 4 is 28.3 Å². The number of nitrogens with zero attached hydrogens (tertiary/aromatic N) is 2. The van der Waals surface area contributed by atoms with Crippen LogP contribution in [0.4, 0.5) is 11.5 Å². The van der Waals surface area contributed by atoms with Gasteiger partial charge in [-0.1, -0.05) is 24.6 Å². The van der Waals surface area contributed by atoms with Gasteiger partial charge in [0.25, 0.3) is 0 Å². The molecule has 0 radical (unpaired) electrons. The highest BCUT2D eigenvalue weighted by Gasteiger charge is 2.25. The molecule has 120 valence electrons. The molecule has 1 aromatic heterocycles. The van der Waals surface area contributed by atoms with Crippen LogP contribution in [0.15, 0.2) is 48.8 Å². The number of nitrogens with two attached hydrogens (primary N) is 1. The molecule has 0 spiro atoms. The van der Waals surface area contributed by atoms with E-state index < -0.39 is 0 Å². The van der Waals surface area contributed by atoms with Crippen molar-refractivity contribution in [2.75, 3.05) is 11.1 Å². The maximum atomic E-state index is 12.1. The number of nitrogens with one attached hydrogen (secondary N) is 1. The van der Waals surface area contributed by atoms with Crippen molar-refractivity contribution < 1.29 is 4.79 Å². The number of fused-ring (bicyclic) bond motifs is 1. The fraction of sp³-hybridized carbons (Fsp3) is 0.211. The first-order valence-corrected chi connectivity index (χ1v) is 8.12. The van der Waals surface area contributed by atoms with Crippen LogP contribution in [-0.4, -0.2) is 15.9 Å². The predicted octanol–water partition coefficient (Wildman–Crippen LogP) is 3.62. The fourth-order valence-corrected chi connectivity index (χ4v) is 2.95. The maximum absolute atomic E-state index is 12.1. The summed E-state index contributed by atoms with van der Waals surface area (Å²) in [4.78, 5) is 20.4. The highest BCUT2D eigenvalue weighted by atomic mass is 16.1. The third kappa shape index (κ3) is 2.69. The number of nitrogen functional groups attached to an aromatic ring is 1. The lowest BCUT2D eigenvalue weighted by molar-refractivity contribution is -0.122. The summed E-state index contributed by atoms with van der Waals surface area (Å²) in [5.41, 5.74) is 9.62. The van der Waals surface area contributed by atoms with E-state index in [4.69, 9.17) is 5.73 Å². The number of hydrogen-bond donors (Lipinski definition) is 2. The molecule has 0 saturated heterocycles. The van der Waals surface area contributed by atoms with Crippen molar-refractivity contribution in [3.8, 4) is 11.1 Å². The van der Waals surface area contributed by atoms with Gasteiger partial charge >= 0.3 is 0 Å². The molecule has 0 unspecified atom stereocenters. The minimum atomic E-state index is 0.120. The number of hydrogen-bond acceptors (Lipinski definition) is 4. The molecule has 0 aliphatic heterocycles. The molecule has 24 heavy (non-hydrogen) atoms. The van der Waals surface area contributed by atoms with Crippen LogP contribution in [0, 0.1) is 5.92 Å². The van der Waals surface area contributed by atoms with Gasteiger partial charge in [-0.05, 0) is 48.2 Å². The molecule has 1 aliphatic carbocycles. The topological polar surface area (TPSA) is 80.9 Å². The Morgan fingerprint density at radius 1 is 1.08 bits per heavy atom. The predicted molar refractivity (Wildman–Crippen MR) is 95.4 cm³/mol. The monoisotopic (exact) mass is 318 g/mol. The first-order valence-electron chi connectivity index (χ1n) is 8.12. The van der Waals surface area contributed by atoms with Crippen molar-refractivity contribution in [3.63, 3.8) is 0 Å². The second-order valence-corrected chi connectivity index (χ2v) is 6.19. The minimum Gasteiger partial charge on any atom is -0.383 e. The number of benzene rings is 2. The van der Waals surface area contributed by atoms with Crippen LogP contribution < -0.4 is 11.1 Å². The molecule has 2 aromatic carbocycles. The number of aromatic nitrogens is 2. The van der Waals surface area contributed by atoms with E-state index in [-0.39, 0.29) is 11.8 Å². The number of carbonyl (C=O) groups excluding carboxylic acids is 1. The highest BCUT2D eigenvalue weighted by molar-refractivity contribution is 5.94. The van der Waals surface area contributed by atoms with Gasteiger partial charge in [0.15, 0.2) is 0 Å². The van der Waals surface area contributed by atoms with E-state index in [2.05, 4.69) is 15.3 Å². The Hall–Kier alpha value is -2.95. The van der Waals surface area contributed by atoms with Gasteiger partial charge in [-0.3, -0.25) is 4.79 Å². The zero-order valence-corrected chi connectivity index (χ0v) is 13.2. The summed E-state index contributed by atoms with van der Waals surface area (Å²) >= 11 is 0. The van der Waals surface area contributed by atoms with Gasteiger partial charge in [-0.2, -0.15) is 0 Å². The van der Waals surface area contributed by atoms with Gasteiger partial charge in [0.05, 0.1) is 5.52 Å². The molecule has 1 aliphatic rings. The Bertz CT molecular complexity index is 918. The summed E-state index contributed by atoms with van der Waals surface area (Å²) in [5, 5.41) is 3.85. The Balaban J connectivity index is 1.65. The van der Waals surface area contributed by atoms with Crippen LogP contribution in [0.3, 0.4) is 0 Å². The Morgan fingerprint density at radius 3 is 2.71 bits per heavy atom. The van der Waals surface area contributed by atoms with Crippen LogP contribution in [0.1, 0.15) is 19.3 Å². The van der Waals surface area contributed by atoms with E-state index in [1.807, 2.05) is 42.5 Å². The molecule has 0 atom stereocenters. The quantitative estimate of drug-likeness (QED) is 0.773. The average molecular weight is 318 g/mol. The minimum absolute atomic E-state index is 0.120. The van der Waals surface area contributed by atoms with Crippen LogP contribution in [0.2, 0.25) is 0 Å². The van der Waals surface area contributed by atoms with E-state index in [0.29, 0.717) is 5.82 Å². The number of rotatable bonds is 3. The number of amides is 1. The van der Waals surface area contributed by atoms with Crippen molar-refractivity contribution in [3.05, 3.63) is 48.8 Å². The third-order valence-corrected chi connectivity index (χ3v) is 4.61. The average Bonchev–Trinajstić information content (AvgIpc) is 2.53. The van der Waals surface area contributed by atoms with Crippen LogP contribution >= 0.6 is 0 Å². The number of anilines is 2. The van der Waals surface area contributed by atoms with E-state index in [1.165, 1.54) is 6.33 Å². The standard InChI is InChI=1S/C19H18N4O/c20-18-16-10-14(7-8-17(16)21-11-22-18)13-5-2-6-15(9-13)23-19(24)12-3-1-4-12/h2,5-12H,1,3-4H2,(H,23,24)(H2,20,21,22). The van der Waals surface area contributed by atoms with Crippen LogP contribution in [0.5, 0.6) is 0 Å². The van der Waals surface area contributed by atoms with Gasteiger partial charge in [-0.15, -0.1) is 0 Å². The SMILES string of the molecule is Nc1ncnc2ccc(-c3cccc(NC(=O)C4CCC4)c3)cc12. The van der Waals surface area contributed by atoms with Gasteiger partial charge < -0.3 is 11.1 Å². The molecule has 1 amide bonds. The van der Waals surface area contributed by atoms with E-state index >= 15 is 0 Å². The van der Waals surface area contributed by atoms with Gasteiger partial charge in [0.1, 0.15) is 12.1 Å². The summed E-state index contributed by atoms with van der Waals surface area (Å²) in [7, 11) is 0. The molecule has 3 N–H and O–H groups in total. The molecule has 1 fully saturated rings. The lowest BCUT2D eigenvalue weighted by Crippen LogP contribution is -2.27. The van der Waals surface area contributed by atoms with Crippen LogP contribution in [0.25, 0.3) is 22.0 Å². The van der Waals surface area contributed by atoms with Gasteiger partial charge in [0.2, 0.25) is 5.91 Å². The molecular formula is C19H18N4O. The molecule has 4 rings (SSSR count). The second-order valence-electron chi connectivity index (χ2n) is 6.19. The summed E-state index contributed by atoms with van der Waals surface area (Å²) in [6.07, 6.45) is 4.61. The van der Waals surface area contributed by atoms with Crippen molar-refractivity contribution in [1.29, 1.82) is 0 Å². The lowest BCUT2D eigenvalue weighted by atomic mass is 9.85. The molecule has 3 aromatic rings. The van der Waals surface area contributed by atoms with Crippen LogP contribution in [-0.2, 0) is 4.79 Å². The smallest absolute Gasteiger partial charge is 0.227 e. The number of carbonyl (C=O) groups is 1. The molecule has 1 saturated carbocycles. The zero-order chi connectivity index (χ0) is 16.5. The maximum Gasteiger partial charge on any atom is 0.227 e. The highest BCUT2D eigenvalue weighted by Crippen LogP contribution is 2.30. The third-order valence-electron chi connectivity index (χ3n) is 4.61. The summed E-state index contributed by atoms with van der Waals surface area (Å²) < 4.78 is 0. The summed E-state index contributed by atoms with van der Waals surface area (Å²) in [6, 6.07) is 13.8. The Kier molecular flexibility index (Phi) is 3.61. The Morgan fingerprint density at radius 2 is 1.92 bits per heavy atom. The van der Waals surface area contributed by atoms with Crippen molar-refractivity contribution in [1.82, 2.24) is 9.97 Å². The van der Waals surface area contributed by atoms with Gasteiger partial charge in [-0.25, -0.2) is 9.97 Å². The molecular weight excluding hydrogens is 300 g/mol. The first kappa shape index (κ1) is 14.6.